The maximum Gasteiger partial charge on any atom is 0.329 e. The highest BCUT2D eigenvalue weighted by Gasteiger charge is 2.26. The number of benzene rings is 1. The van der Waals surface area contributed by atoms with Crippen LogP contribution >= 0.6 is 0 Å². The van der Waals surface area contributed by atoms with E-state index in [1.807, 2.05) is 30.3 Å². The molecule has 22 heavy (non-hydrogen) atoms. The summed E-state index contributed by atoms with van der Waals surface area (Å²) in [4.78, 5) is 34.9. The molecule has 0 unspecified atom stereocenters. The van der Waals surface area contributed by atoms with Gasteiger partial charge in [0.1, 0.15) is 6.04 Å². The summed E-state index contributed by atoms with van der Waals surface area (Å²) in [6.07, 6.45) is 0.242. The molecule has 0 aliphatic heterocycles. The zero-order valence-electron chi connectivity index (χ0n) is 13.1. The van der Waals surface area contributed by atoms with Gasteiger partial charge in [-0.1, -0.05) is 51.1 Å². The van der Waals surface area contributed by atoms with Gasteiger partial charge in [-0.25, -0.2) is 9.59 Å². The molecular weight excluding hydrogens is 284 g/mol. The number of ether oxygens (including phenoxy) is 1. The van der Waals surface area contributed by atoms with E-state index in [0.717, 1.165) is 5.56 Å². The van der Waals surface area contributed by atoms with Crippen molar-refractivity contribution in [2.45, 2.75) is 33.2 Å². The van der Waals surface area contributed by atoms with Crippen LogP contribution in [0.1, 0.15) is 26.3 Å². The van der Waals surface area contributed by atoms with Gasteiger partial charge >= 0.3 is 12.0 Å². The number of Topliss-reactive ketones (excluding diaryl/α,β-unsaturated/α-hetero) is 1. The minimum Gasteiger partial charge on any atom is -0.456 e. The largest absolute Gasteiger partial charge is 0.456 e. The van der Waals surface area contributed by atoms with E-state index in [0.29, 0.717) is 0 Å². The molecule has 3 N–H and O–H groups in total. The first kappa shape index (κ1) is 17.7. The Kier molecular flexibility index (Phi) is 6.10. The van der Waals surface area contributed by atoms with Crippen molar-refractivity contribution in [2.24, 2.45) is 11.1 Å². The molecule has 1 rings (SSSR count). The molecule has 0 fully saturated rings. The molecule has 1 atom stereocenters. The van der Waals surface area contributed by atoms with Crippen LogP contribution in [0, 0.1) is 5.41 Å². The van der Waals surface area contributed by atoms with Gasteiger partial charge in [0.05, 0.1) is 0 Å². The lowest BCUT2D eigenvalue weighted by atomic mass is 9.91. The average molecular weight is 306 g/mol. The molecule has 0 saturated carbocycles. The summed E-state index contributed by atoms with van der Waals surface area (Å²) >= 11 is 0. The molecule has 0 aliphatic carbocycles. The van der Waals surface area contributed by atoms with Gasteiger partial charge in [0, 0.05) is 11.8 Å². The third-order valence-corrected chi connectivity index (χ3v) is 3.07. The van der Waals surface area contributed by atoms with E-state index < -0.39 is 23.5 Å². The monoisotopic (exact) mass is 306 g/mol. The van der Waals surface area contributed by atoms with Crippen LogP contribution in [0.25, 0.3) is 0 Å². The van der Waals surface area contributed by atoms with Crippen LogP contribution < -0.4 is 11.1 Å². The maximum atomic E-state index is 12.1. The van der Waals surface area contributed by atoms with E-state index in [1.54, 1.807) is 20.8 Å². The highest BCUT2D eigenvalue weighted by atomic mass is 16.5. The highest BCUT2D eigenvalue weighted by Crippen LogP contribution is 2.14. The van der Waals surface area contributed by atoms with Crippen molar-refractivity contribution < 1.29 is 19.1 Å². The molecule has 0 heterocycles. The predicted octanol–water partition coefficient (Wildman–Crippen LogP) is 1.42. The van der Waals surface area contributed by atoms with Crippen molar-refractivity contribution in [3.05, 3.63) is 35.9 Å². The van der Waals surface area contributed by atoms with E-state index in [4.69, 9.17) is 10.5 Å². The van der Waals surface area contributed by atoms with Crippen LogP contribution in [0.15, 0.2) is 30.3 Å². The fourth-order valence-electron chi connectivity index (χ4n) is 1.67. The molecule has 1 aromatic carbocycles. The first-order valence-corrected chi connectivity index (χ1v) is 7.00. The zero-order chi connectivity index (χ0) is 16.8. The number of carbonyl (C=O) groups excluding carboxylic acids is 3. The van der Waals surface area contributed by atoms with Crippen molar-refractivity contribution in [3.63, 3.8) is 0 Å². The normalized spacial score (nSPS) is 12.3. The number of hydrogen-bond acceptors (Lipinski definition) is 4. The molecule has 0 aromatic heterocycles. The third kappa shape index (κ3) is 5.95. The second kappa shape index (κ2) is 7.59. The Labute approximate surface area is 130 Å². The number of nitrogens with two attached hydrogens (primary N) is 1. The number of urea groups is 1. The second-order valence-corrected chi connectivity index (χ2v) is 6.03. The number of nitrogens with one attached hydrogen (secondary N) is 1. The van der Waals surface area contributed by atoms with E-state index in [1.165, 1.54) is 0 Å². The summed E-state index contributed by atoms with van der Waals surface area (Å²) in [7, 11) is 0. The molecule has 0 aliphatic rings. The molecule has 0 spiro atoms. The predicted molar refractivity (Wildman–Crippen MR) is 82.1 cm³/mol. The molecule has 0 bridgehead atoms. The van der Waals surface area contributed by atoms with Gasteiger partial charge in [-0.15, -0.1) is 0 Å². The van der Waals surface area contributed by atoms with Crippen molar-refractivity contribution in [1.29, 1.82) is 0 Å². The third-order valence-electron chi connectivity index (χ3n) is 3.07. The zero-order valence-corrected chi connectivity index (χ0v) is 13.1. The van der Waals surface area contributed by atoms with Crippen LogP contribution in [-0.4, -0.2) is 30.4 Å². The van der Waals surface area contributed by atoms with E-state index >= 15 is 0 Å². The van der Waals surface area contributed by atoms with Crippen LogP contribution in [0.3, 0.4) is 0 Å². The van der Waals surface area contributed by atoms with Gasteiger partial charge in [0.2, 0.25) is 0 Å². The van der Waals surface area contributed by atoms with Gasteiger partial charge in [-0.05, 0) is 5.56 Å². The molecule has 1 aromatic rings. The number of carbonyl (C=O) groups is 3. The van der Waals surface area contributed by atoms with Gasteiger partial charge in [0.15, 0.2) is 12.4 Å². The fourth-order valence-corrected chi connectivity index (χ4v) is 1.67. The lowest BCUT2D eigenvalue weighted by molar-refractivity contribution is -0.151. The number of primary amides is 1. The number of hydrogen-bond donors (Lipinski definition) is 2. The van der Waals surface area contributed by atoms with E-state index in [-0.39, 0.29) is 18.8 Å². The van der Waals surface area contributed by atoms with Crippen LogP contribution in [0.5, 0.6) is 0 Å². The minimum atomic E-state index is -0.923. The van der Waals surface area contributed by atoms with Crippen LogP contribution in [0.4, 0.5) is 4.79 Å². The topological polar surface area (TPSA) is 98.5 Å². The van der Waals surface area contributed by atoms with Crippen LogP contribution in [0.2, 0.25) is 0 Å². The van der Waals surface area contributed by atoms with Crippen molar-refractivity contribution in [3.8, 4) is 0 Å². The second-order valence-electron chi connectivity index (χ2n) is 6.03. The average Bonchev–Trinajstić information content (AvgIpc) is 2.43. The van der Waals surface area contributed by atoms with E-state index in [9.17, 15) is 14.4 Å². The van der Waals surface area contributed by atoms with Crippen molar-refractivity contribution in [1.82, 2.24) is 5.32 Å². The Balaban J connectivity index is 2.69. The summed E-state index contributed by atoms with van der Waals surface area (Å²) in [5.74, 6) is -0.876. The Morgan fingerprint density at radius 2 is 1.77 bits per heavy atom. The quantitative estimate of drug-likeness (QED) is 0.777. The summed E-state index contributed by atoms with van der Waals surface area (Å²) in [6, 6.07) is 7.40. The Morgan fingerprint density at radius 3 is 2.27 bits per heavy atom. The Hall–Kier alpha value is -2.37. The molecular formula is C16H22N2O4. The fraction of sp³-hybridized carbons (Fsp3) is 0.438. The SMILES string of the molecule is CC(C)(C)C(=O)COC(=O)[C@H](Cc1ccccc1)NC(N)=O. The highest BCUT2D eigenvalue weighted by molar-refractivity contribution is 5.88. The summed E-state index contributed by atoms with van der Waals surface area (Å²) in [6.45, 7) is 4.90. The van der Waals surface area contributed by atoms with Gasteiger partial charge in [0.25, 0.3) is 0 Å². The molecule has 0 saturated heterocycles. The van der Waals surface area contributed by atoms with Crippen LogP contribution in [-0.2, 0) is 20.7 Å². The number of rotatable bonds is 6. The summed E-state index contributed by atoms with van der Waals surface area (Å²) in [5, 5.41) is 2.34. The Bertz CT molecular complexity index is 535. The first-order valence-electron chi connectivity index (χ1n) is 7.00. The molecule has 0 radical (unpaired) electrons. The lowest BCUT2D eigenvalue weighted by Crippen LogP contribution is -2.46. The van der Waals surface area contributed by atoms with Crippen molar-refractivity contribution in [2.75, 3.05) is 6.61 Å². The molecule has 6 heteroatoms. The Morgan fingerprint density at radius 1 is 1.18 bits per heavy atom. The minimum absolute atomic E-state index is 0.196. The summed E-state index contributed by atoms with van der Waals surface area (Å²) in [5.41, 5.74) is 5.34. The van der Waals surface area contributed by atoms with Crippen molar-refractivity contribution >= 4 is 17.8 Å². The number of esters is 1. The first-order chi connectivity index (χ1) is 10.2. The molecule has 6 nitrogen and oxygen atoms in total. The number of ketones is 1. The number of amides is 2. The maximum absolute atomic E-state index is 12.1. The van der Waals surface area contributed by atoms with E-state index in [2.05, 4.69) is 5.32 Å². The molecule has 120 valence electrons. The smallest absolute Gasteiger partial charge is 0.329 e. The van der Waals surface area contributed by atoms with Gasteiger partial charge < -0.3 is 15.8 Å². The standard InChI is InChI=1S/C16H22N2O4/c1-16(2,3)13(19)10-22-14(20)12(18-15(17)21)9-11-7-5-4-6-8-11/h4-8,12H,9-10H2,1-3H3,(H3,17,18,21)/t12-/m0/s1. The van der Waals surface area contributed by atoms with Gasteiger partial charge in [-0.3, -0.25) is 4.79 Å². The molecule has 2 amide bonds. The lowest BCUT2D eigenvalue weighted by Gasteiger charge is -2.19. The summed E-state index contributed by atoms with van der Waals surface area (Å²) < 4.78 is 5.01. The van der Waals surface area contributed by atoms with Gasteiger partial charge in [-0.2, -0.15) is 0 Å².